The molecule has 0 bridgehead atoms. The van der Waals surface area contributed by atoms with Crippen LogP contribution in [0.4, 0.5) is 5.82 Å². The van der Waals surface area contributed by atoms with Crippen LogP contribution in [0, 0.1) is 6.92 Å². The molecule has 1 aliphatic rings. The molecule has 1 aromatic heterocycles. The van der Waals surface area contributed by atoms with Crippen LogP contribution in [0.2, 0.25) is 0 Å². The molecule has 2 rings (SSSR count). The van der Waals surface area contributed by atoms with Crippen LogP contribution in [-0.4, -0.2) is 34.4 Å². The molecule has 3 N–H and O–H groups in total. The van der Waals surface area contributed by atoms with Crippen LogP contribution in [0.3, 0.4) is 0 Å². The number of nitrogens with zero attached hydrogens (tertiary/aromatic N) is 2. The van der Waals surface area contributed by atoms with Gasteiger partial charge in [0.25, 0.3) is 5.91 Å². The van der Waals surface area contributed by atoms with Crippen molar-refractivity contribution >= 4 is 11.7 Å². The SMILES string of the molecule is Cc1cc(NC(=O)[C@@H]2CC[C@H](CN)O2)n(C)n1. The second kappa shape index (κ2) is 4.85. The van der Waals surface area contributed by atoms with Crippen molar-refractivity contribution in [2.45, 2.75) is 32.0 Å². The lowest BCUT2D eigenvalue weighted by molar-refractivity contribution is -0.126. The van der Waals surface area contributed by atoms with Gasteiger partial charge in [0, 0.05) is 19.7 Å². The first-order valence-electron chi connectivity index (χ1n) is 5.77. The van der Waals surface area contributed by atoms with Gasteiger partial charge in [0.15, 0.2) is 0 Å². The van der Waals surface area contributed by atoms with Crippen molar-refractivity contribution in [1.29, 1.82) is 0 Å². The highest BCUT2D eigenvalue weighted by Crippen LogP contribution is 2.20. The number of rotatable bonds is 3. The van der Waals surface area contributed by atoms with Crippen LogP contribution in [0.15, 0.2) is 6.07 Å². The number of nitrogens with two attached hydrogens (primary N) is 1. The molecule has 0 spiro atoms. The zero-order valence-electron chi connectivity index (χ0n) is 10.1. The Hall–Kier alpha value is -1.40. The summed E-state index contributed by atoms with van der Waals surface area (Å²) < 4.78 is 7.17. The molecule has 1 fully saturated rings. The maximum Gasteiger partial charge on any atom is 0.254 e. The van der Waals surface area contributed by atoms with Gasteiger partial charge in [-0.1, -0.05) is 0 Å². The summed E-state index contributed by atoms with van der Waals surface area (Å²) in [6, 6.07) is 1.83. The average molecular weight is 238 g/mol. The second-order valence-corrected chi connectivity index (χ2v) is 4.34. The normalized spacial score (nSPS) is 23.9. The second-order valence-electron chi connectivity index (χ2n) is 4.34. The molecule has 0 saturated carbocycles. The maximum atomic E-state index is 11.9. The van der Waals surface area contributed by atoms with Crippen molar-refractivity contribution in [3.05, 3.63) is 11.8 Å². The van der Waals surface area contributed by atoms with Gasteiger partial charge in [0.05, 0.1) is 11.8 Å². The molecule has 6 nitrogen and oxygen atoms in total. The van der Waals surface area contributed by atoms with Gasteiger partial charge in [-0.2, -0.15) is 5.10 Å². The number of aromatic nitrogens is 2. The number of hydrogen-bond acceptors (Lipinski definition) is 4. The van der Waals surface area contributed by atoms with E-state index in [-0.39, 0.29) is 12.0 Å². The van der Waals surface area contributed by atoms with E-state index in [1.165, 1.54) is 0 Å². The minimum absolute atomic E-state index is 0.0130. The van der Waals surface area contributed by atoms with E-state index in [2.05, 4.69) is 10.4 Å². The molecule has 1 aromatic rings. The number of aryl methyl sites for hydroxylation is 2. The molecule has 1 saturated heterocycles. The molecule has 17 heavy (non-hydrogen) atoms. The highest BCUT2D eigenvalue weighted by Gasteiger charge is 2.30. The van der Waals surface area contributed by atoms with Crippen LogP contribution in [0.25, 0.3) is 0 Å². The molecule has 0 aromatic carbocycles. The lowest BCUT2D eigenvalue weighted by Crippen LogP contribution is -2.30. The number of amides is 1. The number of carbonyl (C=O) groups is 1. The van der Waals surface area contributed by atoms with Crippen LogP contribution < -0.4 is 11.1 Å². The molecule has 0 aliphatic carbocycles. The van der Waals surface area contributed by atoms with Crippen molar-refractivity contribution in [2.75, 3.05) is 11.9 Å². The van der Waals surface area contributed by atoms with Gasteiger partial charge in [-0.05, 0) is 19.8 Å². The van der Waals surface area contributed by atoms with E-state index in [9.17, 15) is 4.79 Å². The fraction of sp³-hybridized carbons (Fsp3) is 0.636. The topological polar surface area (TPSA) is 82.2 Å². The summed E-state index contributed by atoms with van der Waals surface area (Å²) in [6.07, 6.45) is 1.20. The van der Waals surface area contributed by atoms with E-state index in [1.54, 1.807) is 11.7 Å². The summed E-state index contributed by atoms with van der Waals surface area (Å²) in [5.74, 6) is 0.566. The van der Waals surface area contributed by atoms with Crippen molar-refractivity contribution in [1.82, 2.24) is 9.78 Å². The molecular formula is C11H18N4O2. The minimum Gasteiger partial charge on any atom is -0.364 e. The Morgan fingerprint density at radius 1 is 1.71 bits per heavy atom. The summed E-state index contributed by atoms with van der Waals surface area (Å²) in [6.45, 7) is 2.35. The number of carbonyl (C=O) groups excluding carboxylic acids is 1. The number of nitrogens with one attached hydrogen (secondary N) is 1. The number of anilines is 1. The lowest BCUT2D eigenvalue weighted by atomic mass is 10.2. The van der Waals surface area contributed by atoms with Crippen molar-refractivity contribution in [3.63, 3.8) is 0 Å². The molecule has 2 atom stereocenters. The van der Waals surface area contributed by atoms with E-state index in [4.69, 9.17) is 10.5 Å². The van der Waals surface area contributed by atoms with Gasteiger partial charge in [-0.15, -0.1) is 0 Å². The third kappa shape index (κ3) is 2.65. The molecular weight excluding hydrogens is 220 g/mol. The predicted octanol–water partition coefficient (Wildman–Crippen LogP) is 0.173. The van der Waals surface area contributed by atoms with Crippen molar-refractivity contribution < 1.29 is 9.53 Å². The summed E-state index contributed by atoms with van der Waals surface area (Å²) in [5, 5.41) is 6.98. The first kappa shape index (κ1) is 12.1. The van der Waals surface area contributed by atoms with Crippen LogP contribution in [-0.2, 0) is 16.6 Å². The zero-order valence-corrected chi connectivity index (χ0v) is 10.1. The molecule has 0 unspecified atom stereocenters. The monoisotopic (exact) mass is 238 g/mol. The summed E-state index contributed by atoms with van der Waals surface area (Å²) in [7, 11) is 1.79. The van der Waals surface area contributed by atoms with Gasteiger partial charge < -0.3 is 15.8 Å². The molecule has 1 amide bonds. The van der Waals surface area contributed by atoms with E-state index in [0.29, 0.717) is 12.4 Å². The third-order valence-corrected chi connectivity index (χ3v) is 2.92. The Labute approximate surface area is 100 Å². The molecule has 6 heteroatoms. The first-order chi connectivity index (χ1) is 8.10. The number of hydrogen-bond donors (Lipinski definition) is 2. The molecule has 94 valence electrons. The first-order valence-corrected chi connectivity index (χ1v) is 5.77. The molecule has 2 heterocycles. The number of ether oxygens (including phenoxy) is 1. The third-order valence-electron chi connectivity index (χ3n) is 2.92. The van der Waals surface area contributed by atoms with Crippen LogP contribution in [0.1, 0.15) is 18.5 Å². The summed E-state index contributed by atoms with van der Waals surface area (Å²) in [4.78, 5) is 11.9. The Bertz CT molecular complexity index is 416. The summed E-state index contributed by atoms with van der Waals surface area (Å²) >= 11 is 0. The quantitative estimate of drug-likeness (QED) is 0.786. The Kier molecular flexibility index (Phi) is 3.44. The fourth-order valence-electron chi connectivity index (χ4n) is 2.01. The lowest BCUT2D eigenvalue weighted by Gasteiger charge is -2.12. The highest BCUT2D eigenvalue weighted by atomic mass is 16.5. The van der Waals surface area contributed by atoms with Gasteiger partial charge in [-0.25, -0.2) is 0 Å². The van der Waals surface area contributed by atoms with Gasteiger partial charge >= 0.3 is 0 Å². The zero-order chi connectivity index (χ0) is 12.4. The van der Waals surface area contributed by atoms with E-state index in [0.717, 1.165) is 18.5 Å². The highest BCUT2D eigenvalue weighted by molar-refractivity contribution is 5.93. The molecule has 1 aliphatic heterocycles. The molecule has 0 radical (unpaired) electrons. The van der Waals surface area contributed by atoms with E-state index < -0.39 is 6.10 Å². The van der Waals surface area contributed by atoms with Crippen LogP contribution in [0.5, 0.6) is 0 Å². The van der Waals surface area contributed by atoms with Crippen LogP contribution >= 0.6 is 0 Å². The Morgan fingerprint density at radius 2 is 2.47 bits per heavy atom. The average Bonchev–Trinajstić information content (AvgIpc) is 2.86. The predicted molar refractivity (Wildman–Crippen MR) is 63.5 cm³/mol. The van der Waals surface area contributed by atoms with Gasteiger partial charge in [0.2, 0.25) is 0 Å². The Morgan fingerprint density at radius 3 is 3.00 bits per heavy atom. The smallest absolute Gasteiger partial charge is 0.254 e. The fourth-order valence-corrected chi connectivity index (χ4v) is 2.01. The van der Waals surface area contributed by atoms with Crippen molar-refractivity contribution in [3.8, 4) is 0 Å². The van der Waals surface area contributed by atoms with Gasteiger partial charge in [0.1, 0.15) is 11.9 Å². The summed E-state index contributed by atoms with van der Waals surface area (Å²) in [5.41, 5.74) is 6.38. The van der Waals surface area contributed by atoms with E-state index >= 15 is 0 Å². The largest absolute Gasteiger partial charge is 0.364 e. The Balaban J connectivity index is 1.96. The van der Waals surface area contributed by atoms with E-state index in [1.807, 2.05) is 13.0 Å². The van der Waals surface area contributed by atoms with Gasteiger partial charge in [-0.3, -0.25) is 9.48 Å². The minimum atomic E-state index is -0.390. The van der Waals surface area contributed by atoms with Crippen molar-refractivity contribution in [2.24, 2.45) is 12.8 Å². The standard InChI is InChI=1S/C11H18N4O2/c1-7-5-10(15(2)14-7)13-11(16)9-4-3-8(6-12)17-9/h5,8-9H,3-4,6,12H2,1-2H3,(H,13,16)/t8-,9+/m1/s1. The maximum absolute atomic E-state index is 11.9.